The van der Waals surface area contributed by atoms with Crippen molar-refractivity contribution >= 4 is 17.8 Å². The lowest BCUT2D eigenvalue weighted by Crippen LogP contribution is -2.45. The maximum absolute atomic E-state index is 12.0. The number of rotatable bonds is 6. The van der Waals surface area contributed by atoms with E-state index in [1.54, 1.807) is 27.7 Å². The molecule has 0 aromatic rings. The zero-order valence-corrected chi connectivity index (χ0v) is 11.6. The standard InChI is InChI=1S/C12H21NO5/c1-6-17-11(15)9(12(16)18-7-2)10(14)13(5)8(3)4/h8-9H,6-7H2,1-5H3. The highest BCUT2D eigenvalue weighted by atomic mass is 16.6. The molecule has 0 rings (SSSR count). The van der Waals surface area contributed by atoms with Crippen molar-refractivity contribution in [3.8, 4) is 0 Å². The predicted octanol–water partition coefficient (Wildman–Crippen LogP) is 0.596. The molecule has 0 heterocycles. The fourth-order valence-corrected chi connectivity index (χ4v) is 1.21. The fourth-order valence-electron chi connectivity index (χ4n) is 1.21. The number of hydrogen-bond donors (Lipinski definition) is 0. The first-order valence-electron chi connectivity index (χ1n) is 5.96. The zero-order valence-electron chi connectivity index (χ0n) is 11.6. The monoisotopic (exact) mass is 259 g/mol. The van der Waals surface area contributed by atoms with Crippen molar-refractivity contribution in [3.63, 3.8) is 0 Å². The third-order valence-electron chi connectivity index (χ3n) is 2.41. The van der Waals surface area contributed by atoms with Crippen LogP contribution >= 0.6 is 0 Å². The van der Waals surface area contributed by atoms with E-state index in [0.29, 0.717) is 0 Å². The van der Waals surface area contributed by atoms with Crippen LogP contribution in [-0.4, -0.2) is 49.0 Å². The minimum absolute atomic E-state index is 0.105. The largest absolute Gasteiger partial charge is 0.465 e. The number of carbonyl (C=O) groups excluding carboxylic acids is 3. The second kappa shape index (κ2) is 7.68. The molecule has 104 valence electrons. The lowest BCUT2D eigenvalue weighted by atomic mass is 10.1. The SMILES string of the molecule is CCOC(=O)C(C(=O)OCC)C(=O)N(C)C(C)C. The normalized spacial score (nSPS) is 10.4. The summed E-state index contributed by atoms with van der Waals surface area (Å²) in [6.07, 6.45) is 0. The summed E-state index contributed by atoms with van der Waals surface area (Å²) in [5, 5.41) is 0. The van der Waals surface area contributed by atoms with Crippen LogP contribution in [0.4, 0.5) is 0 Å². The molecule has 18 heavy (non-hydrogen) atoms. The van der Waals surface area contributed by atoms with E-state index >= 15 is 0 Å². The number of ether oxygens (including phenoxy) is 2. The van der Waals surface area contributed by atoms with Gasteiger partial charge in [0.2, 0.25) is 11.8 Å². The second-order valence-electron chi connectivity index (χ2n) is 3.98. The van der Waals surface area contributed by atoms with Crippen molar-refractivity contribution in [2.75, 3.05) is 20.3 Å². The summed E-state index contributed by atoms with van der Waals surface area (Å²) >= 11 is 0. The van der Waals surface area contributed by atoms with Gasteiger partial charge in [0, 0.05) is 13.1 Å². The summed E-state index contributed by atoms with van der Waals surface area (Å²) in [6.45, 7) is 6.99. The van der Waals surface area contributed by atoms with Crippen LogP contribution in [0.25, 0.3) is 0 Å². The number of hydrogen-bond acceptors (Lipinski definition) is 5. The quantitative estimate of drug-likeness (QED) is 0.516. The third kappa shape index (κ3) is 4.35. The minimum atomic E-state index is -1.53. The molecule has 0 N–H and O–H groups in total. The van der Waals surface area contributed by atoms with Gasteiger partial charge in [0.15, 0.2) is 0 Å². The summed E-state index contributed by atoms with van der Waals surface area (Å²) in [5.41, 5.74) is 0. The molecule has 1 amide bonds. The van der Waals surface area contributed by atoms with Gasteiger partial charge in [-0.25, -0.2) is 0 Å². The summed E-state index contributed by atoms with van der Waals surface area (Å²) in [5.74, 6) is -3.87. The molecule has 6 nitrogen and oxygen atoms in total. The van der Waals surface area contributed by atoms with Gasteiger partial charge in [0.25, 0.3) is 0 Å². The van der Waals surface area contributed by atoms with E-state index in [9.17, 15) is 14.4 Å². The Morgan fingerprint density at radius 2 is 1.39 bits per heavy atom. The zero-order chi connectivity index (χ0) is 14.3. The molecule has 0 aromatic heterocycles. The van der Waals surface area contributed by atoms with E-state index in [0.717, 1.165) is 0 Å². The molecule has 0 aromatic carbocycles. The van der Waals surface area contributed by atoms with Crippen LogP contribution in [0.2, 0.25) is 0 Å². The molecule has 0 aliphatic rings. The molecule has 0 atom stereocenters. The van der Waals surface area contributed by atoms with Gasteiger partial charge in [-0.1, -0.05) is 0 Å². The molecule has 0 saturated carbocycles. The maximum atomic E-state index is 12.0. The molecular formula is C12H21NO5. The molecule has 0 saturated heterocycles. The van der Waals surface area contributed by atoms with E-state index in [4.69, 9.17) is 9.47 Å². The lowest BCUT2D eigenvalue weighted by Gasteiger charge is -2.24. The summed E-state index contributed by atoms with van der Waals surface area (Å²) in [7, 11) is 1.53. The first kappa shape index (κ1) is 16.4. The van der Waals surface area contributed by atoms with E-state index in [2.05, 4.69) is 0 Å². The number of esters is 2. The van der Waals surface area contributed by atoms with Crippen LogP contribution < -0.4 is 0 Å². The first-order chi connectivity index (χ1) is 8.36. The Morgan fingerprint density at radius 3 is 1.67 bits per heavy atom. The minimum Gasteiger partial charge on any atom is -0.465 e. The number of nitrogens with zero attached hydrogens (tertiary/aromatic N) is 1. The van der Waals surface area contributed by atoms with Crippen LogP contribution in [0.1, 0.15) is 27.7 Å². The fraction of sp³-hybridized carbons (Fsp3) is 0.750. The van der Waals surface area contributed by atoms with E-state index in [1.165, 1.54) is 11.9 Å². The van der Waals surface area contributed by atoms with Crippen LogP contribution in [-0.2, 0) is 23.9 Å². The molecule has 0 aliphatic heterocycles. The Morgan fingerprint density at radius 1 is 1.00 bits per heavy atom. The summed E-state index contributed by atoms with van der Waals surface area (Å²) < 4.78 is 9.47. The third-order valence-corrected chi connectivity index (χ3v) is 2.41. The predicted molar refractivity (Wildman–Crippen MR) is 64.7 cm³/mol. The van der Waals surface area contributed by atoms with E-state index in [1.807, 2.05) is 0 Å². The molecule has 0 bridgehead atoms. The van der Waals surface area contributed by atoms with E-state index < -0.39 is 23.8 Å². The summed E-state index contributed by atoms with van der Waals surface area (Å²) in [6, 6.07) is -0.121. The lowest BCUT2D eigenvalue weighted by molar-refractivity contribution is -0.167. The maximum Gasteiger partial charge on any atom is 0.330 e. The Kier molecular flexibility index (Phi) is 7.00. The van der Waals surface area contributed by atoms with Crippen LogP contribution in [0.3, 0.4) is 0 Å². The first-order valence-corrected chi connectivity index (χ1v) is 5.96. The van der Waals surface area contributed by atoms with Gasteiger partial charge in [-0.05, 0) is 27.7 Å². The van der Waals surface area contributed by atoms with Gasteiger partial charge in [0.1, 0.15) is 0 Å². The van der Waals surface area contributed by atoms with Gasteiger partial charge >= 0.3 is 11.9 Å². The van der Waals surface area contributed by atoms with Gasteiger partial charge in [-0.3, -0.25) is 14.4 Å². The van der Waals surface area contributed by atoms with E-state index in [-0.39, 0.29) is 19.3 Å². The molecule has 6 heteroatoms. The Bertz CT molecular complexity index is 296. The Balaban J connectivity index is 5.02. The van der Waals surface area contributed by atoms with Crippen molar-refractivity contribution < 1.29 is 23.9 Å². The summed E-state index contributed by atoms with van der Waals surface area (Å²) in [4.78, 5) is 36.7. The van der Waals surface area contributed by atoms with Crippen molar-refractivity contribution in [1.29, 1.82) is 0 Å². The molecule has 0 aliphatic carbocycles. The van der Waals surface area contributed by atoms with Crippen molar-refractivity contribution in [2.24, 2.45) is 5.92 Å². The van der Waals surface area contributed by atoms with Gasteiger partial charge < -0.3 is 14.4 Å². The van der Waals surface area contributed by atoms with Crippen LogP contribution in [0.5, 0.6) is 0 Å². The van der Waals surface area contributed by atoms with Gasteiger partial charge in [0.05, 0.1) is 13.2 Å². The Hall–Kier alpha value is -1.59. The van der Waals surface area contributed by atoms with Crippen LogP contribution in [0, 0.1) is 5.92 Å². The highest BCUT2D eigenvalue weighted by Crippen LogP contribution is 2.10. The second-order valence-corrected chi connectivity index (χ2v) is 3.98. The average Bonchev–Trinajstić information content (AvgIpc) is 2.28. The van der Waals surface area contributed by atoms with Crippen molar-refractivity contribution in [1.82, 2.24) is 4.90 Å². The Labute approximate surface area is 107 Å². The topological polar surface area (TPSA) is 72.9 Å². The number of carbonyl (C=O) groups is 3. The molecule has 0 spiro atoms. The van der Waals surface area contributed by atoms with Gasteiger partial charge in [-0.15, -0.1) is 0 Å². The number of amides is 1. The highest BCUT2D eigenvalue weighted by molar-refractivity contribution is 6.14. The molecule has 0 radical (unpaired) electrons. The van der Waals surface area contributed by atoms with Crippen LogP contribution in [0.15, 0.2) is 0 Å². The van der Waals surface area contributed by atoms with Crippen molar-refractivity contribution in [2.45, 2.75) is 33.7 Å². The molecule has 0 fully saturated rings. The molecular weight excluding hydrogens is 238 g/mol. The van der Waals surface area contributed by atoms with Crippen molar-refractivity contribution in [3.05, 3.63) is 0 Å². The van der Waals surface area contributed by atoms with Gasteiger partial charge in [-0.2, -0.15) is 0 Å². The highest BCUT2D eigenvalue weighted by Gasteiger charge is 2.39. The average molecular weight is 259 g/mol. The smallest absolute Gasteiger partial charge is 0.330 e. The molecule has 0 unspecified atom stereocenters.